The van der Waals surface area contributed by atoms with Crippen LogP contribution in [0.1, 0.15) is 60.8 Å². The van der Waals surface area contributed by atoms with Crippen LogP contribution in [0, 0.1) is 17.8 Å². The quantitative estimate of drug-likeness (QED) is 0.640. The molecule has 1 aromatic heterocycles. The number of nitrogens with zero attached hydrogens (tertiary/aromatic N) is 1. The third kappa shape index (κ3) is 2.71. The summed E-state index contributed by atoms with van der Waals surface area (Å²) in [7, 11) is 0. The molecule has 0 saturated carbocycles. The Bertz CT molecular complexity index is 806. The highest BCUT2D eigenvalue weighted by Crippen LogP contribution is 2.40. The summed E-state index contributed by atoms with van der Waals surface area (Å²) >= 11 is 1.61. The lowest BCUT2D eigenvalue weighted by Crippen LogP contribution is -2.46. The van der Waals surface area contributed by atoms with Crippen molar-refractivity contribution in [2.24, 2.45) is 17.8 Å². The topological polar surface area (TPSA) is 66.5 Å². The van der Waals surface area contributed by atoms with Gasteiger partial charge in [0.2, 0.25) is 0 Å². The molecule has 3 aliphatic rings. The molecule has 1 fully saturated rings. The smallest absolute Gasteiger partial charge is 0.271 e. The Kier molecular flexibility index (Phi) is 4.26. The molecule has 1 aliphatic heterocycles. The van der Waals surface area contributed by atoms with Crippen molar-refractivity contribution < 1.29 is 14.4 Å². The molecule has 1 aromatic rings. The molecule has 0 unspecified atom stereocenters. The number of carbonyl (C=O) groups excluding carboxylic acids is 3. The van der Waals surface area contributed by atoms with Crippen molar-refractivity contribution in [3.63, 3.8) is 0 Å². The highest BCUT2D eigenvalue weighted by Gasteiger charge is 2.50. The Morgan fingerprint density at radius 1 is 1.12 bits per heavy atom. The van der Waals surface area contributed by atoms with E-state index in [2.05, 4.69) is 12.3 Å². The average molecular weight is 372 g/mol. The molecule has 2 aliphatic carbocycles. The van der Waals surface area contributed by atoms with Gasteiger partial charge >= 0.3 is 0 Å². The van der Waals surface area contributed by atoms with Crippen LogP contribution in [-0.2, 0) is 22.4 Å². The summed E-state index contributed by atoms with van der Waals surface area (Å²) in [5.74, 6) is -0.886. The number of hydrogen-bond acceptors (Lipinski definition) is 4. The minimum absolute atomic E-state index is 0.266. The van der Waals surface area contributed by atoms with Crippen LogP contribution < -0.4 is 5.43 Å². The first-order chi connectivity index (χ1) is 12.4. The first-order valence-corrected chi connectivity index (χ1v) is 10.2. The Morgan fingerprint density at radius 2 is 1.73 bits per heavy atom. The Labute approximate surface area is 157 Å². The molecule has 2 heterocycles. The molecular formula is C20H24N2O3S. The lowest BCUT2D eigenvalue weighted by molar-refractivity contribution is -0.142. The van der Waals surface area contributed by atoms with Gasteiger partial charge in [0.15, 0.2) is 0 Å². The van der Waals surface area contributed by atoms with E-state index in [0.717, 1.165) is 29.8 Å². The summed E-state index contributed by atoms with van der Waals surface area (Å²) < 4.78 is 0. The molecule has 26 heavy (non-hydrogen) atoms. The van der Waals surface area contributed by atoms with Crippen molar-refractivity contribution in [1.82, 2.24) is 10.4 Å². The molecule has 0 spiro atoms. The van der Waals surface area contributed by atoms with Crippen LogP contribution in [0.25, 0.3) is 0 Å². The average Bonchev–Trinajstić information content (AvgIpc) is 3.11. The van der Waals surface area contributed by atoms with Crippen molar-refractivity contribution in [1.29, 1.82) is 0 Å². The number of nitrogens with one attached hydrogen (secondary N) is 1. The van der Waals surface area contributed by atoms with Crippen LogP contribution in [0.15, 0.2) is 16.5 Å². The molecule has 0 aromatic carbocycles. The molecule has 0 bridgehead atoms. The summed E-state index contributed by atoms with van der Waals surface area (Å²) in [6.45, 7) is 6.26. The minimum atomic E-state index is -0.334. The van der Waals surface area contributed by atoms with E-state index >= 15 is 0 Å². The summed E-state index contributed by atoms with van der Waals surface area (Å²) in [5.41, 5.74) is 6.69. The first-order valence-electron chi connectivity index (χ1n) is 9.30. The van der Waals surface area contributed by atoms with Gasteiger partial charge in [0.25, 0.3) is 17.7 Å². The summed E-state index contributed by atoms with van der Waals surface area (Å²) in [6.07, 6.45) is 4.18. The van der Waals surface area contributed by atoms with Gasteiger partial charge in [-0.25, -0.2) is 0 Å². The Balaban J connectivity index is 1.53. The van der Waals surface area contributed by atoms with Gasteiger partial charge in [-0.05, 0) is 57.4 Å². The third-order valence-corrected chi connectivity index (χ3v) is 7.25. The van der Waals surface area contributed by atoms with Gasteiger partial charge < -0.3 is 0 Å². The number of hydrazine groups is 1. The number of carbonyl (C=O) groups is 3. The van der Waals surface area contributed by atoms with Crippen molar-refractivity contribution >= 4 is 29.1 Å². The van der Waals surface area contributed by atoms with E-state index in [9.17, 15) is 14.4 Å². The molecular weight excluding hydrogens is 348 g/mol. The second-order valence-electron chi connectivity index (χ2n) is 8.03. The second-order valence-corrected chi connectivity index (χ2v) is 9.00. The number of amides is 3. The Hall–Kier alpha value is -1.95. The van der Waals surface area contributed by atoms with Crippen LogP contribution in [0.2, 0.25) is 0 Å². The van der Waals surface area contributed by atoms with E-state index in [0.29, 0.717) is 24.3 Å². The van der Waals surface area contributed by atoms with Crippen LogP contribution in [0.5, 0.6) is 0 Å². The largest absolute Gasteiger partial charge is 0.272 e. The molecule has 3 atom stereocenters. The summed E-state index contributed by atoms with van der Waals surface area (Å²) in [5, 5.41) is 2.85. The number of allylic oxidation sites excluding steroid dienone is 2. The van der Waals surface area contributed by atoms with Gasteiger partial charge in [-0.3, -0.25) is 19.8 Å². The zero-order chi connectivity index (χ0) is 18.6. The fraction of sp³-hybridized carbons (Fsp3) is 0.550. The van der Waals surface area contributed by atoms with E-state index in [4.69, 9.17) is 0 Å². The maximum absolute atomic E-state index is 12.8. The number of imide groups is 1. The van der Waals surface area contributed by atoms with Gasteiger partial charge in [-0.2, -0.15) is 5.01 Å². The zero-order valence-electron chi connectivity index (χ0n) is 15.4. The fourth-order valence-electron chi connectivity index (χ4n) is 4.39. The van der Waals surface area contributed by atoms with Crippen LogP contribution in [0.4, 0.5) is 0 Å². The predicted octanol–water partition coefficient (Wildman–Crippen LogP) is 3.25. The number of hydrogen-bond donors (Lipinski definition) is 1. The molecule has 1 saturated heterocycles. The lowest BCUT2D eigenvalue weighted by atomic mass is 9.78. The number of rotatable bonds is 2. The lowest BCUT2D eigenvalue weighted by Gasteiger charge is -2.23. The summed E-state index contributed by atoms with van der Waals surface area (Å²) in [6, 6.07) is 0. The SMILES string of the molecule is CC1=C(C)C[C@H]2C(=O)N(NC(=O)c3csc4c3CC[C@H](C)C4)C(=O)[C@H]2C1. The minimum Gasteiger partial charge on any atom is -0.272 e. The number of thiophene rings is 1. The fourth-order valence-corrected chi connectivity index (χ4v) is 5.64. The van der Waals surface area contributed by atoms with Gasteiger partial charge in [-0.1, -0.05) is 18.1 Å². The summed E-state index contributed by atoms with van der Waals surface area (Å²) in [4.78, 5) is 39.5. The van der Waals surface area contributed by atoms with Crippen LogP contribution in [-0.4, -0.2) is 22.7 Å². The molecule has 6 heteroatoms. The van der Waals surface area contributed by atoms with E-state index < -0.39 is 0 Å². The first kappa shape index (κ1) is 17.5. The van der Waals surface area contributed by atoms with E-state index in [-0.39, 0.29) is 29.6 Å². The zero-order valence-corrected chi connectivity index (χ0v) is 16.2. The van der Waals surface area contributed by atoms with Gasteiger partial charge in [-0.15, -0.1) is 11.3 Å². The van der Waals surface area contributed by atoms with Crippen LogP contribution >= 0.6 is 11.3 Å². The molecule has 4 rings (SSSR count). The van der Waals surface area contributed by atoms with Crippen molar-refractivity contribution in [2.45, 2.75) is 52.9 Å². The predicted molar refractivity (Wildman–Crippen MR) is 99.4 cm³/mol. The van der Waals surface area contributed by atoms with Gasteiger partial charge in [0.05, 0.1) is 17.4 Å². The normalized spacial score (nSPS) is 28.3. The van der Waals surface area contributed by atoms with Gasteiger partial charge in [0.1, 0.15) is 0 Å². The van der Waals surface area contributed by atoms with E-state index in [1.165, 1.54) is 16.0 Å². The standard InChI is InChI=1S/C20H24N2O3S/c1-10-4-5-13-16(9-26-17(13)6-10)18(23)21-22-19(24)14-7-11(2)12(3)8-15(14)20(22)25/h9-10,14-15H,4-8H2,1-3H3,(H,21,23)/t10-,14-,15+/m0/s1. The van der Waals surface area contributed by atoms with Crippen molar-refractivity contribution in [3.05, 3.63) is 32.5 Å². The highest BCUT2D eigenvalue weighted by molar-refractivity contribution is 7.10. The van der Waals surface area contributed by atoms with E-state index in [1.807, 2.05) is 19.2 Å². The Morgan fingerprint density at radius 3 is 2.35 bits per heavy atom. The molecule has 0 radical (unpaired) electrons. The molecule has 5 nitrogen and oxygen atoms in total. The monoisotopic (exact) mass is 372 g/mol. The van der Waals surface area contributed by atoms with E-state index in [1.54, 1.807) is 11.3 Å². The maximum atomic E-state index is 12.8. The van der Waals surface area contributed by atoms with Crippen LogP contribution in [0.3, 0.4) is 0 Å². The van der Waals surface area contributed by atoms with Gasteiger partial charge in [0, 0.05) is 10.3 Å². The molecule has 3 amide bonds. The van der Waals surface area contributed by atoms with Crippen molar-refractivity contribution in [2.75, 3.05) is 0 Å². The second kappa shape index (κ2) is 6.34. The molecule has 1 N–H and O–H groups in total. The molecule has 138 valence electrons. The van der Waals surface area contributed by atoms with Crippen molar-refractivity contribution in [3.8, 4) is 0 Å². The number of fused-ring (bicyclic) bond motifs is 2. The maximum Gasteiger partial charge on any atom is 0.271 e. The third-order valence-electron chi connectivity index (χ3n) is 6.20. The highest BCUT2D eigenvalue weighted by atomic mass is 32.1.